The Balaban J connectivity index is 2.46. The molecular formula is C11H15O2. The monoisotopic (exact) mass is 179 g/mol. The van der Waals surface area contributed by atoms with E-state index in [9.17, 15) is 0 Å². The summed E-state index contributed by atoms with van der Waals surface area (Å²) in [5, 5.41) is 8.75. The first-order valence-corrected chi connectivity index (χ1v) is 4.57. The molecule has 0 unspecified atom stereocenters. The predicted octanol–water partition coefficient (Wildman–Crippen LogP) is 2.75. The van der Waals surface area contributed by atoms with E-state index in [2.05, 4.69) is 6.92 Å². The highest BCUT2D eigenvalue weighted by Gasteiger charge is 1.95. The molecule has 0 heterocycles. The first-order chi connectivity index (χ1) is 6.36. The summed E-state index contributed by atoms with van der Waals surface area (Å²) in [4.78, 5) is 0. The summed E-state index contributed by atoms with van der Waals surface area (Å²) in [6.07, 6.45) is 2.19. The van der Waals surface area contributed by atoms with Crippen LogP contribution in [-0.4, -0.2) is 11.7 Å². The van der Waals surface area contributed by atoms with Crippen LogP contribution in [0.2, 0.25) is 0 Å². The van der Waals surface area contributed by atoms with E-state index >= 15 is 0 Å². The van der Waals surface area contributed by atoms with Crippen molar-refractivity contribution in [2.45, 2.75) is 19.8 Å². The van der Waals surface area contributed by atoms with Gasteiger partial charge in [0.15, 0.2) is 0 Å². The van der Waals surface area contributed by atoms with Gasteiger partial charge in [0.2, 0.25) is 0 Å². The Morgan fingerprint density at radius 2 is 2.31 bits per heavy atom. The fourth-order valence-corrected chi connectivity index (χ4v) is 1.02. The molecule has 0 aliphatic heterocycles. The molecule has 0 aliphatic carbocycles. The predicted molar refractivity (Wildman–Crippen MR) is 52.2 cm³/mol. The van der Waals surface area contributed by atoms with Crippen molar-refractivity contribution in [2.24, 2.45) is 0 Å². The lowest BCUT2D eigenvalue weighted by Crippen LogP contribution is -1.96. The van der Waals surface area contributed by atoms with Gasteiger partial charge < -0.3 is 9.84 Å². The van der Waals surface area contributed by atoms with Crippen LogP contribution in [0.1, 0.15) is 25.3 Å². The van der Waals surface area contributed by atoms with Crippen LogP contribution in [0.15, 0.2) is 24.3 Å². The van der Waals surface area contributed by atoms with Crippen LogP contribution in [-0.2, 0) is 0 Å². The zero-order valence-electron chi connectivity index (χ0n) is 7.86. The Morgan fingerprint density at radius 1 is 1.46 bits per heavy atom. The minimum atomic E-state index is 0.741. The van der Waals surface area contributed by atoms with Gasteiger partial charge in [-0.25, -0.2) is 0 Å². The zero-order valence-corrected chi connectivity index (χ0v) is 7.86. The Morgan fingerprint density at radius 3 is 3.00 bits per heavy atom. The largest absolute Gasteiger partial charge is 0.494 e. The van der Waals surface area contributed by atoms with Gasteiger partial charge in [0, 0.05) is 0 Å². The van der Waals surface area contributed by atoms with Crippen molar-refractivity contribution >= 4 is 0 Å². The summed E-state index contributed by atoms with van der Waals surface area (Å²) in [6, 6.07) is 7.40. The van der Waals surface area contributed by atoms with Crippen LogP contribution in [0, 0.1) is 6.61 Å². The van der Waals surface area contributed by atoms with E-state index in [1.807, 2.05) is 24.3 Å². The molecule has 0 aliphatic rings. The summed E-state index contributed by atoms with van der Waals surface area (Å²) in [5.74, 6) is 0.816. The molecule has 1 radical (unpaired) electrons. The van der Waals surface area contributed by atoms with Crippen LogP contribution in [0.3, 0.4) is 0 Å². The molecule has 0 aromatic heterocycles. The molecule has 0 saturated carbocycles. The van der Waals surface area contributed by atoms with Gasteiger partial charge in [0.1, 0.15) is 12.4 Å². The molecule has 0 saturated heterocycles. The number of aliphatic hydroxyl groups is 1. The second kappa shape index (κ2) is 5.60. The molecule has 0 spiro atoms. The lowest BCUT2D eigenvalue weighted by molar-refractivity contribution is 0.308. The van der Waals surface area contributed by atoms with Crippen LogP contribution >= 0.6 is 0 Å². The van der Waals surface area contributed by atoms with E-state index in [1.54, 1.807) is 0 Å². The van der Waals surface area contributed by atoms with E-state index in [4.69, 9.17) is 9.84 Å². The maximum Gasteiger partial charge on any atom is 0.119 e. The van der Waals surface area contributed by atoms with E-state index in [1.165, 1.54) is 0 Å². The molecule has 13 heavy (non-hydrogen) atoms. The van der Waals surface area contributed by atoms with Gasteiger partial charge in [-0.15, -0.1) is 0 Å². The molecule has 0 bridgehead atoms. The van der Waals surface area contributed by atoms with Crippen molar-refractivity contribution < 1.29 is 9.84 Å². The number of hydrogen-bond acceptors (Lipinski definition) is 2. The maximum atomic E-state index is 8.75. The number of rotatable bonds is 5. The molecular weight excluding hydrogens is 164 g/mol. The van der Waals surface area contributed by atoms with Crippen molar-refractivity contribution in [3.05, 3.63) is 36.4 Å². The molecule has 1 aromatic carbocycles. The van der Waals surface area contributed by atoms with Crippen molar-refractivity contribution in [1.29, 1.82) is 0 Å². The smallest absolute Gasteiger partial charge is 0.119 e. The second-order valence-electron chi connectivity index (χ2n) is 2.90. The Bertz CT molecular complexity index is 246. The van der Waals surface area contributed by atoms with Gasteiger partial charge in [-0.2, -0.15) is 0 Å². The number of unbranched alkanes of at least 4 members (excludes halogenated alkanes) is 1. The summed E-state index contributed by atoms with van der Waals surface area (Å²) in [7, 11) is 0. The minimum absolute atomic E-state index is 0.741. The van der Waals surface area contributed by atoms with Gasteiger partial charge in [-0.1, -0.05) is 25.5 Å². The number of benzene rings is 1. The quantitative estimate of drug-likeness (QED) is 0.704. The molecule has 1 rings (SSSR count). The van der Waals surface area contributed by atoms with E-state index in [0.717, 1.165) is 37.4 Å². The van der Waals surface area contributed by atoms with Gasteiger partial charge in [0.25, 0.3) is 0 Å². The Labute approximate surface area is 79.2 Å². The number of aliphatic hydroxyl groups excluding tert-OH is 1. The van der Waals surface area contributed by atoms with Gasteiger partial charge in [-0.05, 0) is 24.1 Å². The molecule has 0 fully saturated rings. The maximum absolute atomic E-state index is 8.75. The van der Waals surface area contributed by atoms with Crippen molar-refractivity contribution in [1.82, 2.24) is 0 Å². The van der Waals surface area contributed by atoms with Gasteiger partial charge >= 0.3 is 0 Å². The van der Waals surface area contributed by atoms with E-state index in [0.29, 0.717) is 0 Å². The first kappa shape index (κ1) is 10.1. The summed E-state index contributed by atoms with van der Waals surface area (Å²) in [6.45, 7) is 3.94. The SMILES string of the molecule is CCCCOc1cccc([CH]O)c1. The van der Waals surface area contributed by atoms with Crippen LogP contribution in [0.4, 0.5) is 0 Å². The Kier molecular flexibility index (Phi) is 4.33. The highest BCUT2D eigenvalue weighted by Crippen LogP contribution is 2.14. The molecule has 2 nitrogen and oxygen atoms in total. The van der Waals surface area contributed by atoms with Crippen molar-refractivity contribution in [2.75, 3.05) is 6.61 Å². The molecule has 1 aromatic rings. The van der Waals surface area contributed by atoms with Crippen molar-refractivity contribution in [3.8, 4) is 5.75 Å². The molecule has 71 valence electrons. The summed E-state index contributed by atoms with van der Waals surface area (Å²) < 4.78 is 5.46. The third kappa shape index (κ3) is 3.47. The average molecular weight is 179 g/mol. The second-order valence-corrected chi connectivity index (χ2v) is 2.90. The summed E-state index contributed by atoms with van der Waals surface area (Å²) in [5.41, 5.74) is 0.772. The third-order valence-electron chi connectivity index (χ3n) is 1.77. The summed E-state index contributed by atoms with van der Waals surface area (Å²) >= 11 is 0. The van der Waals surface area contributed by atoms with Crippen molar-refractivity contribution in [3.63, 3.8) is 0 Å². The van der Waals surface area contributed by atoms with Gasteiger partial charge in [-0.3, -0.25) is 0 Å². The highest BCUT2D eigenvalue weighted by atomic mass is 16.5. The first-order valence-electron chi connectivity index (χ1n) is 4.57. The van der Waals surface area contributed by atoms with E-state index in [-0.39, 0.29) is 0 Å². The average Bonchev–Trinajstić information content (AvgIpc) is 2.19. The number of hydrogen-bond donors (Lipinski definition) is 1. The lowest BCUT2D eigenvalue weighted by atomic mass is 10.2. The number of ether oxygens (including phenoxy) is 1. The molecule has 0 atom stereocenters. The Hall–Kier alpha value is -1.02. The van der Waals surface area contributed by atoms with E-state index < -0.39 is 0 Å². The van der Waals surface area contributed by atoms with Crippen LogP contribution in [0.5, 0.6) is 5.75 Å². The van der Waals surface area contributed by atoms with Crippen LogP contribution in [0.25, 0.3) is 0 Å². The fourth-order valence-electron chi connectivity index (χ4n) is 1.02. The third-order valence-corrected chi connectivity index (χ3v) is 1.77. The molecule has 2 heteroatoms. The lowest BCUT2D eigenvalue weighted by Gasteiger charge is -2.05. The fraction of sp³-hybridized carbons (Fsp3) is 0.364. The zero-order chi connectivity index (χ0) is 9.52. The normalized spacial score (nSPS) is 10.0. The van der Waals surface area contributed by atoms with Gasteiger partial charge in [0.05, 0.1) is 6.61 Å². The standard InChI is InChI=1S/C11H15O2/c1-2-3-7-13-11-6-4-5-10(8-11)9-12/h4-6,8-9,12H,2-3,7H2,1H3. The molecule has 1 N–H and O–H groups in total. The highest BCUT2D eigenvalue weighted by molar-refractivity contribution is 5.31. The topological polar surface area (TPSA) is 29.5 Å². The minimum Gasteiger partial charge on any atom is -0.494 e. The molecule has 0 amide bonds. The van der Waals surface area contributed by atoms with Crippen LogP contribution < -0.4 is 4.74 Å².